The molecule has 1 saturated carbocycles. The summed E-state index contributed by atoms with van der Waals surface area (Å²) in [5, 5.41) is 0. The summed E-state index contributed by atoms with van der Waals surface area (Å²) in [4.78, 5) is 11.0. The van der Waals surface area contributed by atoms with Crippen LogP contribution in [-0.4, -0.2) is 17.8 Å². The van der Waals surface area contributed by atoms with E-state index in [1.165, 1.54) is 0 Å². The van der Waals surface area contributed by atoms with Crippen molar-refractivity contribution in [2.45, 2.75) is 19.3 Å². The van der Waals surface area contributed by atoms with Gasteiger partial charge in [-0.25, -0.2) is 0 Å². The third kappa shape index (κ3) is 2.39. The van der Waals surface area contributed by atoms with E-state index in [2.05, 4.69) is 0 Å². The highest BCUT2D eigenvalue weighted by molar-refractivity contribution is 7.98. The van der Waals surface area contributed by atoms with Crippen LogP contribution in [0.1, 0.15) is 19.3 Å². The maximum absolute atomic E-state index is 11.0. The molecule has 1 nitrogen and oxygen atoms in total. The molecule has 0 aliphatic heterocycles. The Morgan fingerprint density at radius 1 is 1.67 bits per heavy atom. The number of carbonyl (C=O) groups excluding carboxylic acids is 1. The first-order valence-corrected chi connectivity index (χ1v) is 4.75. The lowest BCUT2D eigenvalue weighted by Crippen LogP contribution is -2.00. The van der Waals surface area contributed by atoms with Gasteiger partial charge in [-0.1, -0.05) is 0 Å². The molecule has 1 aliphatic carbocycles. The van der Waals surface area contributed by atoms with Crippen molar-refractivity contribution in [3.63, 3.8) is 0 Å². The quantitative estimate of drug-likeness (QED) is 0.597. The largest absolute Gasteiger partial charge is 0.299 e. The van der Waals surface area contributed by atoms with Gasteiger partial charge in [0.2, 0.25) is 0 Å². The third-order valence-electron chi connectivity index (χ3n) is 1.59. The summed E-state index contributed by atoms with van der Waals surface area (Å²) in [6.07, 6.45) is 5.16. The third-order valence-corrected chi connectivity index (χ3v) is 2.20. The van der Waals surface area contributed by atoms with Crippen LogP contribution >= 0.6 is 11.8 Å². The maximum Gasteiger partial charge on any atom is 0.136 e. The SMILES string of the molecule is CSCCC(=O)C1CC1. The van der Waals surface area contributed by atoms with Gasteiger partial charge in [0.25, 0.3) is 0 Å². The van der Waals surface area contributed by atoms with Crippen LogP contribution < -0.4 is 0 Å². The molecule has 0 radical (unpaired) electrons. The van der Waals surface area contributed by atoms with Crippen molar-refractivity contribution in [2.24, 2.45) is 5.92 Å². The molecule has 0 N–H and O–H groups in total. The molecular weight excluding hydrogens is 132 g/mol. The van der Waals surface area contributed by atoms with Crippen LogP contribution in [0.3, 0.4) is 0 Å². The molecule has 1 rings (SSSR count). The molecular formula is C7H12OS. The molecule has 1 aliphatic rings. The lowest BCUT2D eigenvalue weighted by molar-refractivity contribution is -0.119. The van der Waals surface area contributed by atoms with Crippen LogP contribution in [-0.2, 0) is 4.79 Å². The van der Waals surface area contributed by atoms with Gasteiger partial charge in [0.15, 0.2) is 0 Å². The van der Waals surface area contributed by atoms with Crippen molar-refractivity contribution < 1.29 is 4.79 Å². The Hall–Kier alpha value is 0.0200. The van der Waals surface area contributed by atoms with Gasteiger partial charge in [-0.05, 0) is 24.9 Å². The fourth-order valence-electron chi connectivity index (χ4n) is 0.812. The summed E-state index contributed by atoms with van der Waals surface area (Å²) in [6.45, 7) is 0. The molecule has 9 heavy (non-hydrogen) atoms. The number of rotatable bonds is 4. The highest BCUT2D eigenvalue weighted by Gasteiger charge is 2.28. The summed E-state index contributed by atoms with van der Waals surface area (Å²) in [5.41, 5.74) is 0. The van der Waals surface area contributed by atoms with Crippen LogP contribution in [0.5, 0.6) is 0 Å². The number of thioether (sulfide) groups is 1. The highest BCUT2D eigenvalue weighted by atomic mass is 32.2. The van der Waals surface area contributed by atoms with Gasteiger partial charge in [0.05, 0.1) is 0 Å². The second kappa shape index (κ2) is 3.25. The number of Topliss-reactive ketones (excluding diaryl/α,β-unsaturated/α-hetero) is 1. The van der Waals surface area contributed by atoms with E-state index in [0.29, 0.717) is 11.7 Å². The summed E-state index contributed by atoms with van der Waals surface area (Å²) < 4.78 is 0. The first-order valence-electron chi connectivity index (χ1n) is 3.36. The van der Waals surface area contributed by atoms with Crippen LogP contribution in [0, 0.1) is 5.92 Å². The zero-order valence-electron chi connectivity index (χ0n) is 5.72. The topological polar surface area (TPSA) is 17.1 Å². The Kier molecular flexibility index (Phi) is 2.58. The van der Waals surface area contributed by atoms with E-state index in [0.717, 1.165) is 25.0 Å². The predicted octanol–water partition coefficient (Wildman–Crippen LogP) is 1.72. The van der Waals surface area contributed by atoms with Gasteiger partial charge in [-0.2, -0.15) is 11.8 Å². The average Bonchev–Trinajstić information content (AvgIpc) is 2.63. The molecule has 0 aromatic heterocycles. The Bertz CT molecular complexity index is 107. The molecule has 0 bridgehead atoms. The molecule has 52 valence electrons. The smallest absolute Gasteiger partial charge is 0.136 e. The molecule has 2 heteroatoms. The van der Waals surface area contributed by atoms with Crippen molar-refractivity contribution in [2.75, 3.05) is 12.0 Å². The van der Waals surface area contributed by atoms with Crippen molar-refractivity contribution >= 4 is 17.5 Å². The average molecular weight is 144 g/mol. The van der Waals surface area contributed by atoms with E-state index < -0.39 is 0 Å². The van der Waals surface area contributed by atoms with Crippen molar-refractivity contribution in [3.8, 4) is 0 Å². The molecule has 0 amide bonds. The fraction of sp³-hybridized carbons (Fsp3) is 0.857. The van der Waals surface area contributed by atoms with Gasteiger partial charge >= 0.3 is 0 Å². The monoisotopic (exact) mass is 144 g/mol. The van der Waals surface area contributed by atoms with E-state index in [-0.39, 0.29) is 0 Å². The van der Waals surface area contributed by atoms with Crippen molar-refractivity contribution in [3.05, 3.63) is 0 Å². The fourth-order valence-corrected chi connectivity index (χ4v) is 1.22. The Morgan fingerprint density at radius 3 is 2.78 bits per heavy atom. The van der Waals surface area contributed by atoms with E-state index in [9.17, 15) is 4.79 Å². The number of ketones is 1. The molecule has 0 aromatic rings. The van der Waals surface area contributed by atoms with Crippen molar-refractivity contribution in [1.82, 2.24) is 0 Å². The molecule has 0 aromatic carbocycles. The molecule has 0 unspecified atom stereocenters. The van der Waals surface area contributed by atoms with Crippen LogP contribution in [0.25, 0.3) is 0 Å². The second-order valence-electron chi connectivity index (χ2n) is 2.48. The van der Waals surface area contributed by atoms with Gasteiger partial charge in [-0.15, -0.1) is 0 Å². The standard InChI is InChI=1S/C7H12OS/c1-9-5-4-7(8)6-2-3-6/h6H,2-5H2,1H3. The van der Waals surface area contributed by atoms with Gasteiger partial charge in [-0.3, -0.25) is 4.79 Å². The molecule has 1 fully saturated rings. The Labute approximate surface area is 60.2 Å². The molecule has 0 spiro atoms. The number of hydrogen-bond donors (Lipinski definition) is 0. The van der Waals surface area contributed by atoms with E-state index in [1.807, 2.05) is 6.26 Å². The van der Waals surface area contributed by atoms with Gasteiger partial charge < -0.3 is 0 Å². The van der Waals surface area contributed by atoms with E-state index >= 15 is 0 Å². The first-order chi connectivity index (χ1) is 4.34. The van der Waals surface area contributed by atoms with Crippen LogP contribution in [0.2, 0.25) is 0 Å². The molecule has 0 atom stereocenters. The normalized spacial score (nSPS) is 17.9. The summed E-state index contributed by atoms with van der Waals surface area (Å²) in [6, 6.07) is 0. The van der Waals surface area contributed by atoms with Crippen molar-refractivity contribution in [1.29, 1.82) is 0 Å². The van der Waals surface area contributed by atoms with Gasteiger partial charge in [0, 0.05) is 12.3 Å². The lowest BCUT2D eigenvalue weighted by atomic mass is 10.2. The van der Waals surface area contributed by atoms with E-state index in [4.69, 9.17) is 0 Å². The zero-order valence-corrected chi connectivity index (χ0v) is 6.54. The second-order valence-corrected chi connectivity index (χ2v) is 3.47. The zero-order chi connectivity index (χ0) is 6.69. The summed E-state index contributed by atoms with van der Waals surface area (Å²) in [5.74, 6) is 1.97. The lowest BCUT2D eigenvalue weighted by Gasteiger charge is -1.93. The molecule has 0 heterocycles. The first kappa shape index (κ1) is 7.13. The number of carbonyl (C=O) groups is 1. The summed E-state index contributed by atoms with van der Waals surface area (Å²) in [7, 11) is 0. The van der Waals surface area contributed by atoms with Crippen LogP contribution in [0.4, 0.5) is 0 Å². The minimum atomic E-state index is 0.470. The van der Waals surface area contributed by atoms with E-state index in [1.54, 1.807) is 11.8 Å². The number of hydrogen-bond acceptors (Lipinski definition) is 2. The highest BCUT2D eigenvalue weighted by Crippen LogP contribution is 2.30. The maximum atomic E-state index is 11.0. The minimum absolute atomic E-state index is 0.470. The Balaban J connectivity index is 2.03. The minimum Gasteiger partial charge on any atom is -0.299 e. The molecule has 0 saturated heterocycles. The van der Waals surface area contributed by atoms with Gasteiger partial charge in [0.1, 0.15) is 5.78 Å². The van der Waals surface area contributed by atoms with Crippen LogP contribution in [0.15, 0.2) is 0 Å². The Morgan fingerprint density at radius 2 is 2.33 bits per heavy atom. The predicted molar refractivity (Wildman–Crippen MR) is 40.7 cm³/mol. The summed E-state index contributed by atoms with van der Waals surface area (Å²) >= 11 is 1.75.